The molecule has 1 saturated heterocycles. The monoisotopic (exact) mass is 419 g/mol. The summed E-state index contributed by atoms with van der Waals surface area (Å²) in [7, 11) is 0. The normalized spacial score (nSPS) is 20.7. The first kappa shape index (κ1) is 19.7. The van der Waals surface area contributed by atoms with E-state index in [1.54, 1.807) is 18.2 Å². The molecule has 1 aromatic heterocycles. The zero-order chi connectivity index (χ0) is 21.4. The first-order chi connectivity index (χ1) is 15.1. The Morgan fingerprint density at radius 2 is 1.81 bits per heavy atom. The number of benzene rings is 2. The number of rotatable bonds is 4. The fourth-order valence-electron chi connectivity index (χ4n) is 4.41. The van der Waals surface area contributed by atoms with Gasteiger partial charge in [0, 0.05) is 25.2 Å². The lowest BCUT2D eigenvalue weighted by Crippen LogP contribution is -2.39. The number of anilines is 2. The van der Waals surface area contributed by atoms with Crippen LogP contribution < -0.4 is 9.80 Å². The number of phenolic OH excluding ortho intramolecular Hbond substituents is 1. The van der Waals surface area contributed by atoms with Gasteiger partial charge in [-0.3, -0.25) is 0 Å². The second-order valence-corrected chi connectivity index (χ2v) is 8.04. The van der Waals surface area contributed by atoms with Crippen LogP contribution >= 0.6 is 0 Å². The maximum atomic E-state index is 10.2. The van der Waals surface area contributed by atoms with Crippen LogP contribution in [0.1, 0.15) is 23.6 Å². The van der Waals surface area contributed by atoms with Gasteiger partial charge in [0.1, 0.15) is 5.75 Å². The van der Waals surface area contributed by atoms with Gasteiger partial charge in [-0.1, -0.05) is 36.4 Å². The number of nitrogens with zero attached hydrogens (tertiary/aromatic N) is 5. The Kier molecular flexibility index (Phi) is 5.17. The van der Waals surface area contributed by atoms with Crippen LogP contribution in [0.15, 0.2) is 48.5 Å². The summed E-state index contributed by atoms with van der Waals surface area (Å²) in [6.07, 6.45) is 1.09. The van der Waals surface area contributed by atoms with Gasteiger partial charge in [-0.25, -0.2) is 0 Å². The number of β-amino-alcohol motifs (C(OH)–C–C–N with tert-alkyl or cyclic N) is 1. The van der Waals surface area contributed by atoms with Crippen molar-refractivity contribution in [3.8, 4) is 17.1 Å². The van der Waals surface area contributed by atoms with Gasteiger partial charge in [0.15, 0.2) is 5.82 Å². The zero-order valence-electron chi connectivity index (χ0n) is 17.1. The van der Waals surface area contributed by atoms with Gasteiger partial charge >= 0.3 is 0 Å². The summed E-state index contributed by atoms with van der Waals surface area (Å²) in [4.78, 5) is 18.1. The van der Waals surface area contributed by atoms with Gasteiger partial charge in [-0.15, -0.1) is 0 Å². The molecule has 2 aromatic carbocycles. The molecule has 0 bridgehead atoms. The van der Waals surface area contributed by atoms with Crippen LogP contribution in [0.4, 0.5) is 11.9 Å². The van der Waals surface area contributed by atoms with Crippen LogP contribution in [0.3, 0.4) is 0 Å². The van der Waals surface area contributed by atoms with Crippen molar-refractivity contribution in [2.45, 2.75) is 25.0 Å². The van der Waals surface area contributed by atoms with E-state index in [9.17, 15) is 15.3 Å². The summed E-state index contributed by atoms with van der Waals surface area (Å²) in [5.41, 5.74) is 2.99. The average molecular weight is 419 g/mol. The van der Waals surface area contributed by atoms with E-state index < -0.39 is 6.10 Å². The SMILES string of the molecule is OC[C@H]1c2ccccc2CCN1c1nc(-c2cccc(O)c2)nc(N2CCC(O)C2)n1. The molecule has 8 heteroatoms. The van der Waals surface area contributed by atoms with E-state index >= 15 is 0 Å². The summed E-state index contributed by atoms with van der Waals surface area (Å²) in [5, 5.41) is 30.2. The lowest BCUT2D eigenvalue weighted by atomic mass is 9.93. The van der Waals surface area contributed by atoms with Gasteiger partial charge in [0.05, 0.1) is 18.8 Å². The van der Waals surface area contributed by atoms with Crippen molar-refractivity contribution in [1.82, 2.24) is 15.0 Å². The summed E-state index contributed by atoms with van der Waals surface area (Å²) in [6, 6.07) is 14.7. The summed E-state index contributed by atoms with van der Waals surface area (Å²) in [6.45, 7) is 1.75. The molecular formula is C23H25N5O3. The van der Waals surface area contributed by atoms with Crippen molar-refractivity contribution < 1.29 is 15.3 Å². The van der Waals surface area contributed by atoms with E-state index in [1.807, 2.05) is 34.1 Å². The first-order valence-electron chi connectivity index (χ1n) is 10.6. The Balaban J connectivity index is 1.60. The smallest absolute Gasteiger partial charge is 0.231 e. The molecule has 0 amide bonds. The molecule has 3 N–H and O–H groups in total. The van der Waals surface area contributed by atoms with Gasteiger partial charge in [0.2, 0.25) is 11.9 Å². The first-order valence-corrected chi connectivity index (χ1v) is 10.6. The Bertz CT molecular complexity index is 1090. The number of phenols is 1. The third kappa shape index (κ3) is 3.80. The Morgan fingerprint density at radius 1 is 0.968 bits per heavy atom. The van der Waals surface area contributed by atoms with Gasteiger partial charge in [-0.05, 0) is 36.1 Å². The molecule has 2 atom stereocenters. The number of aromatic hydroxyl groups is 1. The van der Waals surface area contributed by atoms with E-state index in [2.05, 4.69) is 11.1 Å². The van der Waals surface area contributed by atoms with Crippen molar-refractivity contribution >= 4 is 11.9 Å². The number of aromatic nitrogens is 3. The molecular weight excluding hydrogens is 394 g/mol. The fraction of sp³-hybridized carbons (Fsp3) is 0.348. The molecule has 5 rings (SSSR count). The van der Waals surface area contributed by atoms with Gasteiger partial charge in [0.25, 0.3) is 0 Å². The molecule has 1 fully saturated rings. The number of fused-ring (bicyclic) bond motifs is 1. The van der Waals surface area contributed by atoms with Crippen LogP contribution in [-0.4, -0.2) is 62.6 Å². The molecule has 3 heterocycles. The fourth-order valence-corrected chi connectivity index (χ4v) is 4.41. The molecule has 0 saturated carbocycles. The third-order valence-corrected chi connectivity index (χ3v) is 6.00. The molecule has 31 heavy (non-hydrogen) atoms. The van der Waals surface area contributed by atoms with Crippen molar-refractivity contribution in [2.75, 3.05) is 36.0 Å². The predicted octanol–water partition coefficient (Wildman–Crippen LogP) is 1.91. The van der Waals surface area contributed by atoms with Crippen LogP contribution in [0.25, 0.3) is 11.4 Å². The van der Waals surface area contributed by atoms with Crippen LogP contribution in [0.2, 0.25) is 0 Å². The van der Waals surface area contributed by atoms with Crippen molar-refractivity contribution in [3.05, 3.63) is 59.7 Å². The molecule has 3 aromatic rings. The van der Waals surface area contributed by atoms with Crippen LogP contribution in [-0.2, 0) is 6.42 Å². The maximum absolute atomic E-state index is 10.2. The highest BCUT2D eigenvalue weighted by Crippen LogP contribution is 2.34. The van der Waals surface area contributed by atoms with E-state index in [0.717, 1.165) is 12.0 Å². The minimum atomic E-state index is -0.406. The third-order valence-electron chi connectivity index (χ3n) is 6.00. The highest BCUT2D eigenvalue weighted by atomic mass is 16.3. The Labute approximate surface area is 180 Å². The summed E-state index contributed by atoms with van der Waals surface area (Å²) >= 11 is 0. The van der Waals surface area contributed by atoms with E-state index in [0.29, 0.717) is 49.3 Å². The molecule has 160 valence electrons. The number of aliphatic hydroxyl groups excluding tert-OH is 2. The zero-order valence-corrected chi connectivity index (χ0v) is 17.1. The minimum absolute atomic E-state index is 0.0537. The molecule has 1 unspecified atom stereocenters. The highest BCUT2D eigenvalue weighted by molar-refractivity contribution is 5.61. The largest absolute Gasteiger partial charge is 0.508 e. The second kappa shape index (κ2) is 8.13. The topological polar surface area (TPSA) is 106 Å². The van der Waals surface area contributed by atoms with E-state index in [4.69, 9.17) is 9.97 Å². The number of hydrogen-bond acceptors (Lipinski definition) is 8. The molecule has 2 aliphatic rings. The lowest BCUT2D eigenvalue weighted by Gasteiger charge is -2.36. The Hall–Kier alpha value is -3.23. The lowest BCUT2D eigenvalue weighted by molar-refractivity contribution is 0.198. The van der Waals surface area contributed by atoms with Crippen molar-refractivity contribution in [3.63, 3.8) is 0 Å². The number of hydrogen-bond donors (Lipinski definition) is 3. The summed E-state index contributed by atoms with van der Waals surface area (Å²) in [5.74, 6) is 1.57. The van der Waals surface area contributed by atoms with E-state index in [1.165, 1.54) is 5.56 Å². The van der Waals surface area contributed by atoms with Crippen molar-refractivity contribution in [1.29, 1.82) is 0 Å². The molecule has 0 aliphatic carbocycles. The van der Waals surface area contributed by atoms with E-state index in [-0.39, 0.29) is 18.4 Å². The van der Waals surface area contributed by atoms with Crippen LogP contribution in [0, 0.1) is 0 Å². The summed E-state index contributed by atoms with van der Waals surface area (Å²) < 4.78 is 0. The van der Waals surface area contributed by atoms with Gasteiger partial charge < -0.3 is 25.1 Å². The molecule has 8 nitrogen and oxygen atoms in total. The standard InChI is InChI=1S/C23H25N5O3/c29-14-20-19-7-2-1-4-15(19)8-11-28(20)23-25-21(16-5-3-6-17(30)12-16)24-22(26-23)27-10-9-18(31)13-27/h1-7,12,18,20,29-31H,8-11,13-14H2/t18?,20-/m0/s1. The molecule has 0 radical (unpaired) electrons. The predicted molar refractivity (Wildman–Crippen MR) is 117 cm³/mol. The average Bonchev–Trinajstić information content (AvgIpc) is 3.24. The molecule has 2 aliphatic heterocycles. The molecule has 0 spiro atoms. The van der Waals surface area contributed by atoms with Crippen molar-refractivity contribution in [2.24, 2.45) is 0 Å². The van der Waals surface area contributed by atoms with Gasteiger partial charge in [-0.2, -0.15) is 15.0 Å². The highest BCUT2D eigenvalue weighted by Gasteiger charge is 2.31. The number of aliphatic hydroxyl groups is 2. The minimum Gasteiger partial charge on any atom is -0.508 e. The second-order valence-electron chi connectivity index (χ2n) is 8.04. The quantitative estimate of drug-likeness (QED) is 0.589. The van der Waals surface area contributed by atoms with Crippen LogP contribution in [0.5, 0.6) is 5.75 Å². The Morgan fingerprint density at radius 3 is 2.58 bits per heavy atom. The maximum Gasteiger partial charge on any atom is 0.231 e.